The number of halogens is 1. The third-order valence-corrected chi connectivity index (χ3v) is 0.852. The van der Waals surface area contributed by atoms with Gasteiger partial charge < -0.3 is 4.79 Å². The minimum absolute atomic E-state index is 0.544. The Morgan fingerprint density at radius 1 is 1.44 bits per heavy atom. The highest BCUT2D eigenvalue weighted by molar-refractivity contribution is 6.29. The van der Waals surface area contributed by atoms with Gasteiger partial charge in [0.15, 0.2) is 0 Å². The fourth-order valence-electron chi connectivity index (χ4n) is 0.342. The molecule has 0 saturated carbocycles. The van der Waals surface area contributed by atoms with Crippen LogP contribution in [0.1, 0.15) is 0 Å². The van der Waals surface area contributed by atoms with Crippen LogP contribution in [-0.4, -0.2) is 11.8 Å². The third kappa shape index (κ3) is 3.67. The predicted molar refractivity (Wildman–Crippen MR) is 36.4 cm³/mol. The van der Waals surface area contributed by atoms with Crippen LogP contribution in [-0.2, 0) is 4.79 Å². The Kier molecular flexibility index (Phi) is 4.73. The van der Waals surface area contributed by atoms with Crippen LogP contribution in [0.3, 0.4) is 0 Å². The van der Waals surface area contributed by atoms with Crippen molar-refractivity contribution >= 4 is 18.4 Å². The zero-order valence-corrected chi connectivity index (χ0v) is 5.51. The van der Waals surface area contributed by atoms with E-state index in [2.05, 4.69) is 4.98 Å². The molecule has 0 radical (unpaired) electrons. The summed E-state index contributed by atoms with van der Waals surface area (Å²) in [5.41, 5.74) is 0. The topological polar surface area (TPSA) is 30.0 Å². The molecule has 0 bridgehead atoms. The van der Waals surface area contributed by atoms with Gasteiger partial charge in [0.05, 0.1) is 0 Å². The van der Waals surface area contributed by atoms with Crippen molar-refractivity contribution in [2.75, 3.05) is 0 Å². The van der Waals surface area contributed by atoms with Crippen molar-refractivity contribution in [2.24, 2.45) is 0 Å². The number of rotatable bonds is 0. The van der Waals surface area contributed by atoms with Gasteiger partial charge in [-0.05, 0) is 12.1 Å². The average Bonchev–Trinajstić information content (AvgIpc) is 1.94. The molecule has 0 aliphatic heterocycles. The van der Waals surface area contributed by atoms with Gasteiger partial charge in [0.25, 0.3) is 0 Å². The molecule has 0 amide bonds. The molecule has 0 aliphatic rings. The first-order chi connectivity index (χ1) is 4.39. The molecule has 1 aromatic heterocycles. The first-order valence-electron chi connectivity index (χ1n) is 2.25. The number of pyridine rings is 1. The minimum Gasteiger partial charge on any atom is -0.307 e. The van der Waals surface area contributed by atoms with Crippen LogP contribution < -0.4 is 0 Å². The highest BCUT2D eigenvalue weighted by atomic mass is 35.5. The van der Waals surface area contributed by atoms with Crippen molar-refractivity contribution in [1.82, 2.24) is 4.98 Å². The van der Waals surface area contributed by atoms with E-state index in [9.17, 15) is 0 Å². The largest absolute Gasteiger partial charge is 0.307 e. The molecular formula is C6H6ClNO. The van der Waals surface area contributed by atoms with Crippen LogP contribution in [0.5, 0.6) is 0 Å². The van der Waals surface area contributed by atoms with Crippen molar-refractivity contribution in [3.8, 4) is 0 Å². The van der Waals surface area contributed by atoms with E-state index in [0.717, 1.165) is 0 Å². The molecule has 0 N–H and O–H groups in total. The lowest BCUT2D eigenvalue weighted by Gasteiger charge is -1.79. The molecule has 9 heavy (non-hydrogen) atoms. The molecule has 0 aliphatic carbocycles. The highest BCUT2D eigenvalue weighted by Crippen LogP contribution is 1.98. The Morgan fingerprint density at radius 3 is 2.33 bits per heavy atom. The van der Waals surface area contributed by atoms with Gasteiger partial charge in [-0.15, -0.1) is 0 Å². The number of aromatic nitrogens is 1. The number of hydrogen-bond donors (Lipinski definition) is 0. The second kappa shape index (κ2) is 5.25. The lowest BCUT2D eigenvalue weighted by atomic mass is 10.5. The van der Waals surface area contributed by atoms with Gasteiger partial charge in [-0.3, -0.25) is 0 Å². The molecule has 1 aromatic rings. The second-order valence-corrected chi connectivity index (χ2v) is 1.54. The molecule has 1 rings (SSSR count). The number of nitrogens with zero attached hydrogens (tertiary/aromatic N) is 1. The Bertz CT molecular complexity index is 154. The molecule has 3 heteroatoms. The Morgan fingerprint density at radius 2 is 2.11 bits per heavy atom. The third-order valence-electron chi connectivity index (χ3n) is 0.629. The molecule has 0 spiro atoms. The fraction of sp³-hybridized carbons (Fsp3) is 0. The van der Waals surface area contributed by atoms with Crippen molar-refractivity contribution in [1.29, 1.82) is 0 Å². The normalized spacial score (nSPS) is 7.22. The van der Waals surface area contributed by atoms with E-state index in [-0.39, 0.29) is 0 Å². The van der Waals surface area contributed by atoms with Crippen LogP contribution in [0.4, 0.5) is 0 Å². The van der Waals surface area contributed by atoms with Crippen LogP contribution in [0.25, 0.3) is 0 Å². The van der Waals surface area contributed by atoms with Gasteiger partial charge in [0.1, 0.15) is 11.9 Å². The molecule has 0 atom stereocenters. The van der Waals surface area contributed by atoms with Gasteiger partial charge in [0.2, 0.25) is 0 Å². The lowest BCUT2D eigenvalue weighted by Crippen LogP contribution is -1.65. The number of hydrogen-bond acceptors (Lipinski definition) is 2. The van der Waals surface area contributed by atoms with Gasteiger partial charge in [0, 0.05) is 6.20 Å². The molecule has 0 fully saturated rings. The van der Waals surface area contributed by atoms with Gasteiger partial charge in [-0.25, -0.2) is 4.98 Å². The molecule has 2 nitrogen and oxygen atoms in total. The van der Waals surface area contributed by atoms with E-state index in [1.165, 1.54) is 0 Å². The molecular weight excluding hydrogens is 138 g/mol. The van der Waals surface area contributed by atoms with Gasteiger partial charge in [-0.2, -0.15) is 0 Å². The van der Waals surface area contributed by atoms with Crippen molar-refractivity contribution in [3.05, 3.63) is 29.5 Å². The number of carbonyl (C=O) groups excluding carboxylic acids is 1. The summed E-state index contributed by atoms with van der Waals surface area (Å²) >= 11 is 5.43. The molecule has 1 heterocycles. The predicted octanol–water partition coefficient (Wildman–Crippen LogP) is 1.55. The van der Waals surface area contributed by atoms with E-state index >= 15 is 0 Å². The Labute approximate surface area is 58.5 Å². The Hall–Kier alpha value is -0.890. The van der Waals surface area contributed by atoms with Crippen LogP contribution in [0.15, 0.2) is 24.4 Å². The van der Waals surface area contributed by atoms with E-state index in [1.54, 1.807) is 12.3 Å². The van der Waals surface area contributed by atoms with Crippen LogP contribution in [0, 0.1) is 0 Å². The van der Waals surface area contributed by atoms with Crippen molar-refractivity contribution in [3.63, 3.8) is 0 Å². The van der Waals surface area contributed by atoms with Crippen LogP contribution in [0.2, 0.25) is 5.15 Å². The van der Waals surface area contributed by atoms with Gasteiger partial charge >= 0.3 is 0 Å². The average molecular weight is 144 g/mol. The standard InChI is InChI=1S/C5H4ClN.CH2O/c6-5-3-1-2-4-7-5;1-2/h1-4H;1H2. The fourth-order valence-corrected chi connectivity index (χ4v) is 0.471. The van der Waals surface area contributed by atoms with Crippen LogP contribution >= 0.6 is 11.6 Å². The molecule has 0 saturated heterocycles. The minimum atomic E-state index is 0.544. The zero-order valence-electron chi connectivity index (χ0n) is 4.75. The summed E-state index contributed by atoms with van der Waals surface area (Å²) < 4.78 is 0. The molecule has 0 unspecified atom stereocenters. The van der Waals surface area contributed by atoms with E-state index in [1.807, 2.05) is 18.9 Å². The SMILES string of the molecule is C=O.Clc1ccccn1. The summed E-state index contributed by atoms with van der Waals surface area (Å²) in [6, 6.07) is 5.41. The molecule has 48 valence electrons. The van der Waals surface area contributed by atoms with E-state index in [4.69, 9.17) is 16.4 Å². The summed E-state index contributed by atoms with van der Waals surface area (Å²) in [5.74, 6) is 0. The van der Waals surface area contributed by atoms with E-state index < -0.39 is 0 Å². The number of carbonyl (C=O) groups is 1. The maximum absolute atomic E-state index is 8.00. The van der Waals surface area contributed by atoms with E-state index in [0.29, 0.717) is 5.15 Å². The van der Waals surface area contributed by atoms with Crippen molar-refractivity contribution < 1.29 is 4.79 Å². The Balaban J connectivity index is 0.000000291. The summed E-state index contributed by atoms with van der Waals surface area (Å²) in [7, 11) is 0. The first kappa shape index (κ1) is 8.11. The monoisotopic (exact) mass is 143 g/mol. The van der Waals surface area contributed by atoms with Crippen molar-refractivity contribution in [2.45, 2.75) is 0 Å². The highest BCUT2D eigenvalue weighted by Gasteiger charge is 1.76. The smallest absolute Gasteiger partial charge is 0.129 e. The maximum atomic E-state index is 8.00. The second-order valence-electron chi connectivity index (χ2n) is 1.15. The summed E-state index contributed by atoms with van der Waals surface area (Å²) in [4.78, 5) is 11.7. The summed E-state index contributed by atoms with van der Waals surface area (Å²) in [5, 5.41) is 0.544. The quantitative estimate of drug-likeness (QED) is 0.516. The maximum Gasteiger partial charge on any atom is 0.129 e. The summed E-state index contributed by atoms with van der Waals surface area (Å²) in [6.45, 7) is 2.00. The lowest BCUT2D eigenvalue weighted by molar-refractivity contribution is -0.0979. The van der Waals surface area contributed by atoms with Gasteiger partial charge in [-0.1, -0.05) is 17.7 Å². The first-order valence-corrected chi connectivity index (χ1v) is 2.63. The zero-order chi connectivity index (χ0) is 7.11. The molecule has 0 aromatic carbocycles. The summed E-state index contributed by atoms with van der Waals surface area (Å²) in [6.07, 6.45) is 1.66.